The molecule has 1 aromatic heterocycles. The Morgan fingerprint density at radius 3 is 2.10 bits per heavy atom. The van der Waals surface area contributed by atoms with E-state index in [1.165, 1.54) is 12.1 Å². The zero-order valence-electron chi connectivity index (χ0n) is 21.8. The van der Waals surface area contributed by atoms with E-state index < -0.39 is 73.7 Å². The predicted molar refractivity (Wildman–Crippen MR) is 146 cm³/mol. The molecule has 0 aliphatic carbocycles. The number of carboxylic acids is 3. The average molecular weight is 571 g/mol. The van der Waals surface area contributed by atoms with Crippen molar-refractivity contribution in [1.82, 2.24) is 0 Å². The minimum Gasteiger partial charge on any atom is -0.481 e. The van der Waals surface area contributed by atoms with E-state index in [-0.39, 0.29) is 5.82 Å². The smallest absolute Gasteiger partial charge is 0.303 e. The Kier molecular flexibility index (Phi) is 9.34. The monoisotopic (exact) mass is 570 g/mol. The van der Waals surface area contributed by atoms with E-state index in [4.69, 9.17) is 4.74 Å². The van der Waals surface area contributed by atoms with Gasteiger partial charge in [0.1, 0.15) is 5.82 Å². The molecule has 1 fully saturated rings. The van der Waals surface area contributed by atoms with Gasteiger partial charge in [-0.2, -0.15) is 0 Å². The Balaban J connectivity index is 1.67. The summed E-state index contributed by atoms with van der Waals surface area (Å²) in [7, 11) is 0. The summed E-state index contributed by atoms with van der Waals surface area (Å²) in [6, 6.07) is 15.9. The van der Waals surface area contributed by atoms with Crippen LogP contribution in [0.25, 0.3) is 10.4 Å². The fraction of sp³-hybridized carbons (Fsp3) is 0.367. The number of hydrogen-bond donors (Lipinski definition) is 4. The number of carbonyl (C=O) groups is 3. The van der Waals surface area contributed by atoms with Gasteiger partial charge in [-0.15, -0.1) is 11.3 Å². The van der Waals surface area contributed by atoms with Crippen LogP contribution >= 0.6 is 11.3 Å². The Hall–Kier alpha value is -3.60. The van der Waals surface area contributed by atoms with Crippen LogP contribution in [0.2, 0.25) is 0 Å². The molecule has 0 unspecified atom stereocenters. The molecular formula is C30H31FO8S. The maximum Gasteiger partial charge on any atom is 0.303 e. The Morgan fingerprint density at radius 1 is 0.850 bits per heavy atom. The molecule has 0 radical (unpaired) electrons. The molecule has 2 heterocycles. The molecule has 10 heteroatoms. The number of aliphatic carboxylic acids is 3. The van der Waals surface area contributed by atoms with Crippen molar-refractivity contribution in [3.8, 4) is 10.4 Å². The standard InChI is InChI=1S/C30H31FO8S/c1-16-2-3-18(10-19(16)11-21-8-9-26(40-21)17-4-6-20(31)7-5-17)30-24(14-29(37)38)22(12-27(33)34)23(13-28(35)36)25(15-32)39-30/h2-10,22-25,30,32H,11-15H2,1H3,(H,33,34)(H,35,36)(H,37,38)/t22-,23+,24-,25-,30+/m0/s1. The third kappa shape index (κ3) is 6.93. The molecule has 8 nitrogen and oxygen atoms in total. The third-order valence-corrected chi connectivity index (χ3v) is 8.69. The second kappa shape index (κ2) is 12.7. The number of halogens is 1. The van der Waals surface area contributed by atoms with Crippen LogP contribution in [0.4, 0.5) is 4.39 Å². The maximum absolute atomic E-state index is 13.3. The molecule has 0 bridgehead atoms. The highest BCUT2D eigenvalue weighted by Crippen LogP contribution is 2.48. The first-order valence-electron chi connectivity index (χ1n) is 12.9. The molecule has 4 rings (SSSR count). The predicted octanol–water partition coefficient (Wildman–Crippen LogP) is 5.16. The second-order valence-electron chi connectivity index (χ2n) is 10.2. The first-order valence-corrected chi connectivity index (χ1v) is 13.7. The zero-order chi connectivity index (χ0) is 29.0. The number of ether oxygens (including phenoxy) is 1. The van der Waals surface area contributed by atoms with Gasteiger partial charge < -0.3 is 25.2 Å². The largest absolute Gasteiger partial charge is 0.481 e. The Morgan fingerprint density at radius 2 is 1.48 bits per heavy atom. The highest BCUT2D eigenvalue weighted by atomic mass is 32.1. The Labute approximate surface area is 234 Å². The lowest BCUT2D eigenvalue weighted by molar-refractivity contribution is -0.182. The minimum atomic E-state index is -1.18. The number of benzene rings is 2. The molecular weight excluding hydrogens is 539 g/mol. The van der Waals surface area contributed by atoms with Gasteiger partial charge in [-0.05, 0) is 59.4 Å². The second-order valence-corrected chi connectivity index (χ2v) is 11.4. The van der Waals surface area contributed by atoms with Crippen molar-refractivity contribution in [2.75, 3.05) is 6.61 Å². The molecule has 4 N–H and O–H groups in total. The number of rotatable bonds is 11. The van der Waals surface area contributed by atoms with Gasteiger partial charge >= 0.3 is 17.9 Å². The van der Waals surface area contributed by atoms with Crippen LogP contribution in [0, 0.1) is 30.5 Å². The molecule has 0 saturated carbocycles. The quantitative estimate of drug-likeness (QED) is 0.248. The van der Waals surface area contributed by atoms with Crippen LogP contribution in [0.15, 0.2) is 54.6 Å². The van der Waals surface area contributed by atoms with Crippen LogP contribution in [0.1, 0.15) is 46.9 Å². The fourth-order valence-electron chi connectivity index (χ4n) is 5.65. The van der Waals surface area contributed by atoms with Crippen molar-refractivity contribution >= 4 is 29.2 Å². The van der Waals surface area contributed by atoms with E-state index in [1.807, 2.05) is 31.2 Å². The van der Waals surface area contributed by atoms with Crippen molar-refractivity contribution in [2.45, 2.75) is 44.8 Å². The summed E-state index contributed by atoms with van der Waals surface area (Å²) in [6.45, 7) is 1.43. The fourth-order valence-corrected chi connectivity index (χ4v) is 6.69. The van der Waals surface area contributed by atoms with Crippen molar-refractivity contribution in [2.24, 2.45) is 17.8 Å². The maximum atomic E-state index is 13.3. The van der Waals surface area contributed by atoms with Crippen LogP contribution < -0.4 is 0 Å². The van der Waals surface area contributed by atoms with Crippen LogP contribution in [-0.2, 0) is 25.5 Å². The SMILES string of the molecule is Cc1ccc([C@H]2O[C@@H](CO)[C@H](CC(=O)O)[C@H](CC(=O)O)[C@@H]2CC(=O)O)cc1Cc1ccc(-c2ccc(F)cc2)s1. The molecule has 40 heavy (non-hydrogen) atoms. The molecule has 1 saturated heterocycles. The van der Waals surface area contributed by atoms with E-state index in [1.54, 1.807) is 29.5 Å². The van der Waals surface area contributed by atoms with E-state index in [2.05, 4.69) is 0 Å². The summed E-state index contributed by atoms with van der Waals surface area (Å²) in [5, 5.41) is 38.8. The van der Waals surface area contributed by atoms with Gasteiger partial charge in [-0.25, -0.2) is 4.39 Å². The molecule has 3 aromatic rings. The van der Waals surface area contributed by atoms with Gasteiger partial charge in [0, 0.05) is 34.4 Å². The van der Waals surface area contributed by atoms with Crippen molar-refractivity contribution in [3.05, 3.63) is 82.0 Å². The van der Waals surface area contributed by atoms with E-state index in [0.29, 0.717) is 12.0 Å². The van der Waals surface area contributed by atoms with Gasteiger partial charge in [-0.3, -0.25) is 14.4 Å². The first kappa shape index (κ1) is 29.4. The summed E-state index contributed by atoms with van der Waals surface area (Å²) in [5.74, 6) is -6.31. The number of carboxylic acid groups (broad SMARTS) is 3. The minimum absolute atomic E-state index is 0.303. The van der Waals surface area contributed by atoms with Crippen molar-refractivity contribution in [3.63, 3.8) is 0 Å². The molecule has 1 aliphatic heterocycles. The lowest BCUT2D eigenvalue weighted by atomic mass is 9.68. The average Bonchev–Trinajstić information content (AvgIpc) is 3.35. The Bertz CT molecular complexity index is 1370. The van der Waals surface area contributed by atoms with Crippen molar-refractivity contribution < 1.29 is 43.9 Å². The highest BCUT2D eigenvalue weighted by Gasteiger charge is 2.48. The summed E-state index contributed by atoms with van der Waals surface area (Å²) >= 11 is 1.58. The van der Waals surface area contributed by atoms with Crippen LogP contribution in [-0.4, -0.2) is 51.0 Å². The summed E-state index contributed by atoms with van der Waals surface area (Å²) in [4.78, 5) is 37.3. The van der Waals surface area contributed by atoms with Gasteiger partial charge in [0.05, 0.1) is 31.7 Å². The number of thiophene rings is 1. The molecule has 5 atom stereocenters. The molecule has 0 amide bonds. The van der Waals surface area contributed by atoms with E-state index in [9.17, 15) is 39.2 Å². The lowest BCUT2D eigenvalue weighted by Gasteiger charge is -2.46. The van der Waals surface area contributed by atoms with E-state index in [0.717, 1.165) is 26.4 Å². The molecule has 0 spiro atoms. The van der Waals surface area contributed by atoms with E-state index >= 15 is 0 Å². The van der Waals surface area contributed by atoms with Gasteiger partial charge in [0.15, 0.2) is 0 Å². The first-order chi connectivity index (χ1) is 19.0. The zero-order valence-corrected chi connectivity index (χ0v) is 22.6. The van der Waals surface area contributed by atoms with Gasteiger partial charge in [0.2, 0.25) is 0 Å². The third-order valence-electron chi connectivity index (χ3n) is 7.56. The summed E-state index contributed by atoms with van der Waals surface area (Å²) in [6.07, 6.45) is -2.53. The normalized spacial score (nSPS) is 22.6. The summed E-state index contributed by atoms with van der Waals surface area (Å²) in [5.41, 5.74) is 3.51. The molecule has 1 aliphatic rings. The van der Waals surface area contributed by atoms with Gasteiger partial charge in [-0.1, -0.05) is 30.3 Å². The number of hydrogen-bond acceptors (Lipinski definition) is 6. The van der Waals surface area contributed by atoms with Crippen molar-refractivity contribution in [1.29, 1.82) is 0 Å². The molecule has 212 valence electrons. The number of aliphatic hydroxyl groups excluding tert-OH is 1. The van der Waals surface area contributed by atoms with Crippen LogP contribution in [0.3, 0.4) is 0 Å². The highest BCUT2D eigenvalue weighted by molar-refractivity contribution is 7.15. The van der Waals surface area contributed by atoms with Gasteiger partial charge in [0.25, 0.3) is 0 Å². The van der Waals surface area contributed by atoms with Crippen LogP contribution in [0.5, 0.6) is 0 Å². The lowest BCUT2D eigenvalue weighted by Crippen LogP contribution is -2.47. The summed E-state index contributed by atoms with van der Waals surface area (Å²) < 4.78 is 19.5. The molecule has 2 aromatic carbocycles. The topological polar surface area (TPSA) is 141 Å². The number of aryl methyl sites for hydroxylation is 1. The number of aliphatic hydroxyl groups is 1.